The second kappa shape index (κ2) is 4.56. The maximum Gasteiger partial charge on any atom is 0.125 e. The van der Waals surface area contributed by atoms with E-state index in [1.165, 1.54) is 0 Å². The summed E-state index contributed by atoms with van der Waals surface area (Å²) in [5.41, 5.74) is 7.91. The first-order valence-electron chi connectivity index (χ1n) is 5.31. The molecule has 3 nitrogen and oxygen atoms in total. The van der Waals surface area contributed by atoms with Crippen LogP contribution < -0.4 is 10.5 Å². The Balaban J connectivity index is 3.33. The first-order valence-corrected chi connectivity index (χ1v) is 5.31. The van der Waals surface area contributed by atoms with E-state index < -0.39 is 0 Å². The number of methoxy groups -OCH3 is 1. The van der Waals surface area contributed by atoms with Gasteiger partial charge >= 0.3 is 0 Å². The van der Waals surface area contributed by atoms with Crippen LogP contribution in [0.3, 0.4) is 0 Å². The van der Waals surface area contributed by atoms with Crippen LogP contribution in [0.4, 0.5) is 0 Å². The number of amidine groups is 1. The van der Waals surface area contributed by atoms with Gasteiger partial charge in [-0.05, 0) is 23.6 Å². The van der Waals surface area contributed by atoms with Gasteiger partial charge in [-0.1, -0.05) is 20.8 Å². The second-order valence-corrected chi connectivity index (χ2v) is 4.77. The number of hydrogen-bond donors (Lipinski definition) is 1. The maximum absolute atomic E-state index is 5.81. The van der Waals surface area contributed by atoms with E-state index in [2.05, 4.69) is 25.8 Å². The molecule has 0 aromatic heterocycles. The third kappa shape index (κ3) is 2.54. The zero-order valence-corrected chi connectivity index (χ0v) is 10.7. The lowest BCUT2D eigenvalue weighted by atomic mass is 9.85. The predicted octanol–water partition coefficient (Wildman–Crippen LogP) is 2.33. The van der Waals surface area contributed by atoms with E-state index in [4.69, 9.17) is 10.5 Å². The topological polar surface area (TPSA) is 47.6 Å². The van der Waals surface area contributed by atoms with Crippen molar-refractivity contribution >= 4 is 5.84 Å². The van der Waals surface area contributed by atoms with Crippen molar-refractivity contribution in [2.45, 2.75) is 26.2 Å². The van der Waals surface area contributed by atoms with E-state index in [0.717, 1.165) is 16.9 Å². The summed E-state index contributed by atoms with van der Waals surface area (Å²) in [6.45, 7) is 6.44. The monoisotopic (exact) mass is 220 g/mol. The van der Waals surface area contributed by atoms with Gasteiger partial charge in [-0.25, -0.2) is 0 Å². The van der Waals surface area contributed by atoms with Crippen molar-refractivity contribution in [1.29, 1.82) is 0 Å². The Kier molecular flexibility index (Phi) is 3.58. The average molecular weight is 220 g/mol. The molecule has 0 atom stereocenters. The van der Waals surface area contributed by atoms with Crippen LogP contribution in [0.5, 0.6) is 5.75 Å². The van der Waals surface area contributed by atoms with Crippen molar-refractivity contribution in [2.24, 2.45) is 10.7 Å². The largest absolute Gasteiger partial charge is 0.496 e. The van der Waals surface area contributed by atoms with Gasteiger partial charge in [0.25, 0.3) is 0 Å². The van der Waals surface area contributed by atoms with Crippen molar-refractivity contribution in [3.05, 3.63) is 29.3 Å². The predicted molar refractivity (Wildman–Crippen MR) is 68.3 cm³/mol. The smallest absolute Gasteiger partial charge is 0.125 e. The minimum absolute atomic E-state index is 0.0232. The highest BCUT2D eigenvalue weighted by Gasteiger charge is 2.19. The number of aliphatic imine (C=N–C) groups is 1. The van der Waals surface area contributed by atoms with Crippen molar-refractivity contribution < 1.29 is 4.74 Å². The number of nitrogens with two attached hydrogens (primary N) is 1. The lowest BCUT2D eigenvalue weighted by Gasteiger charge is -2.22. The van der Waals surface area contributed by atoms with E-state index in [1.54, 1.807) is 14.2 Å². The fraction of sp³-hybridized carbons (Fsp3) is 0.462. The van der Waals surface area contributed by atoms with Crippen LogP contribution >= 0.6 is 0 Å². The Morgan fingerprint density at radius 2 is 1.94 bits per heavy atom. The molecule has 3 heteroatoms. The summed E-state index contributed by atoms with van der Waals surface area (Å²) < 4.78 is 5.36. The van der Waals surface area contributed by atoms with Gasteiger partial charge in [0.15, 0.2) is 0 Å². The molecule has 0 aliphatic heterocycles. The van der Waals surface area contributed by atoms with Crippen LogP contribution in [0.1, 0.15) is 31.9 Å². The molecule has 0 radical (unpaired) electrons. The normalized spacial score (nSPS) is 12.7. The van der Waals surface area contributed by atoms with E-state index in [9.17, 15) is 0 Å². The van der Waals surface area contributed by atoms with Gasteiger partial charge in [0.05, 0.1) is 7.11 Å². The van der Waals surface area contributed by atoms with Crippen LogP contribution in [-0.2, 0) is 5.41 Å². The van der Waals surface area contributed by atoms with Crippen molar-refractivity contribution in [2.75, 3.05) is 14.2 Å². The van der Waals surface area contributed by atoms with Gasteiger partial charge < -0.3 is 10.5 Å². The molecular weight excluding hydrogens is 200 g/mol. The van der Waals surface area contributed by atoms with Crippen molar-refractivity contribution in [3.8, 4) is 5.75 Å². The molecule has 1 aromatic carbocycles. The average Bonchev–Trinajstić information content (AvgIpc) is 2.26. The third-order valence-corrected chi connectivity index (χ3v) is 2.54. The van der Waals surface area contributed by atoms with Gasteiger partial charge in [0.2, 0.25) is 0 Å². The highest BCUT2D eigenvalue weighted by molar-refractivity contribution is 5.97. The second-order valence-electron chi connectivity index (χ2n) is 4.77. The van der Waals surface area contributed by atoms with Gasteiger partial charge in [-0.2, -0.15) is 0 Å². The van der Waals surface area contributed by atoms with E-state index in [1.807, 2.05) is 18.2 Å². The summed E-state index contributed by atoms with van der Waals surface area (Å²) in [7, 11) is 3.37. The molecule has 0 aliphatic carbocycles. The molecular formula is C13H20N2O. The molecule has 1 rings (SSSR count). The molecule has 0 unspecified atom stereocenters. The zero-order chi connectivity index (χ0) is 12.3. The van der Waals surface area contributed by atoms with E-state index in [0.29, 0.717) is 5.84 Å². The molecule has 0 fully saturated rings. The minimum Gasteiger partial charge on any atom is -0.496 e. The Hall–Kier alpha value is -1.51. The molecule has 0 saturated carbocycles. The summed E-state index contributed by atoms with van der Waals surface area (Å²) in [6, 6.07) is 5.91. The molecule has 1 aromatic rings. The molecule has 0 bridgehead atoms. The Morgan fingerprint density at radius 3 is 2.38 bits per heavy atom. The number of nitrogens with zero attached hydrogens (tertiary/aromatic N) is 1. The fourth-order valence-electron chi connectivity index (χ4n) is 1.58. The molecule has 0 aliphatic rings. The number of benzene rings is 1. The molecule has 0 saturated heterocycles. The Labute approximate surface area is 97.3 Å². The summed E-state index contributed by atoms with van der Waals surface area (Å²) >= 11 is 0. The van der Waals surface area contributed by atoms with E-state index >= 15 is 0 Å². The molecule has 2 N–H and O–H groups in total. The molecule has 16 heavy (non-hydrogen) atoms. The lowest BCUT2D eigenvalue weighted by molar-refractivity contribution is 0.397. The summed E-state index contributed by atoms with van der Waals surface area (Å²) in [5, 5.41) is 0. The molecule has 0 heterocycles. The lowest BCUT2D eigenvalue weighted by Crippen LogP contribution is -2.17. The number of hydrogen-bond acceptors (Lipinski definition) is 2. The standard InChI is InChI=1S/C13H20N2O/c1-13(2,3)10-8-9(12(14)15-4)6-7-11(10)16-5/h6-8H,1-5H3,(H2,14,15). The van der Waals surface area contributed by atoms with Crippen LogP contribution in [-0.4, -0.2) is 20.0 Å². The minimum atomic E-state index is 0.0232. The SMILES string of the molecule is CN=C(N)c1ccc(OC)c(C(C)(C)C)c1. The van der Waals surface area contributed by atoms with Gasteiger partial charge in [0, 0.05) is 18.2 Å². The van der Waals surface area contributed by atoms with E-state index in [-0.39, 0.29) is 5.41 Å². The number of ether oxygens (including phenoxy) is 1. The Bertz CT molecular complexity index is 403. The fourth-order valence-corrected chi connectivity index (χ4v) is 1.58. The first-order chi connectivity index (χ1) is 7.40. The first kappa shape index (κ1) is 12.6. The summed E-state index contributed by atoms with van der Waals surface area (Å²) in [6.07, 6.45) is 0. The van der Waals surface area contributed by atoms with Gasteiger partial charge in [-0.3, -0.25) is 4.99 Å². The molecule has 0 amide bonds. The maximum atomic E-state index is 5.81. The Morgan fingerprint density at radius 1 is 1.31 bits per heavy atom. The van der Waals surface area contributed by atoms with Crippen LogP contribution in [0.15, 0.2) is 23.2 Å². The summed E-state index contributed by atoms with van der Waals surface area (Å²) in [5.74, 6) is 1.44. The summed E-state index contributed by atoms with van der Waals surface area (Å²) in [4.78, 5) is 3.99. The number of rotatable bonds is 2. The molecule has 0 spiro atoms. The van der Waals surface area contributed by atoms with Gasteiger partial charge in [-0.15, -0.1) is 0 Å². The van der Waals surface area contributed by atoms with Gasteiger partial charge in [0.1, 0.15) is 11.6 Å². The van der Waals surface area contributed by atoms with Crippen molar-refractivity contribution in [3.63, 3.8) is 0 Å². The van der Waals surface area contributed by atoms with Crippen LogP contribution in [0.2, 0.25) is 0 Å². The van der Waals surface area contributed by atoms with Crippen LogP contribution in [0.25, 0.3) is 0 Å². The van der Waals surface area contributed by atoms with Crippen LogP contribution in [0, 0.1) is 0 Å². The highest BCUT2D eigenvalue weighted by atomic mass is 16.5. The van der Waals surface area contributed by atoms with Crippen molar-refractivity contribution in [1.82, 2.24) is 0 Å². The third-order valence-electron chi connectivity index (χ3n) is 2.54. The zero-order valence-electron chi connectivity index (χ0n) is 10.7. The quantitative estimate of drug-likeness (QED) is 0.614. The highest BCUT2D eigenvalue weighted by Crippen LogP contribution is 2.31. The molecule has 88 valence electrons.